The van der Waals surface area contributed by atoms with Crippen molar-refractivity contribution in [2.45, 2.75) is 19.2 Å². The summed E-state index contributed by atoms with van der Waals surface area (Å²) in [6.07, 6.45) is 3.68. The zero-order valence-corrected chi connectivity index (χ0v) is 12.4. The molecule has 1 fully saturated rings. The minimum atomic E-state index is -0.609. The van der Waals surface area contributed by atoms with Crippen LogP contribution in [0.1, 0.15) is 13.8 Å². The molecular weight excluding hydrogens is 280 g/mol. The lowest BCUT2D eigenvalue weighted by Gasteiger charge is -2.28. The fourth-order valence-electron chi connectivity index (χ4n) is 2.27. The number of rotatable bonds is 1. The normalized spacial score (nSPS) is 26.6. The van der Waals surface area contributed by atoms with Crippen LogP contribution in [0.15, 0.2) is 23.4 Å². The summed E-state index contributed by atoms with van der Waals surface area (Å²) >= 11 is 6.25. The van der Waals surface area contributed by atoms with E-state index in [9.17, 15) is 9.59 Å². The van der Waals surface area contributed by atoms with Crippen molar-refractivity contribution in [3.63, 3.8) is 0 Å². The molecule has 110 valence electrons. The highest BCUT2D eigenvalue weighted by Gasteiger charge is 2.28. The van der Waals surface area contributed by atoms with Gasteiger partial charge in [-0.15, -0.1) is 11.6 Å². The number of alkyl halides is 1. The second kappa shape index (κ2) is 6.41. The summed E-state index contributed by atoms with van der Waals surface area (Å²) in [5.41, 5.74) is 1.74. The summed E-state index contributed by atoms with van der Waals surface area (Å²) in [5, 5.41) is 2.52. The second-order valence-electron chi connectivity index (χ2n) is 5.08. The molecule has 20 heavy (non-hydrogen) atoms. The molecule has 6 heteroatoms. The number of allylic oxidation sites excluding steroid dienone is 4. The Kier molecular flexibility index (Phi) is 4.83. The molecule has 2 unspecified atom stereocenters. The maximum Gasteiger partial charge on any atom is 0.313 e. The van der Waals surface area contributed by atoms with Crippen molar-refractivity contribution in [2.75, 3.05) is 26.3 Å². The zero-order valence-electron chi connectivity index (χ0n) is 11.7. The lowest BCUT2D eigenvalue weighted by Crippen LogP contribution is -2.48. The van der Waals surface area contributed by atoms with E-state index in [1.807, 2.05) is 26.0 Å². The number of hydrogen-bond donors (Lipinski definition) is 1. The molecule has 0 aromatic heterocycles. The van der Waals surface area contributed by atoms with Crippen LogP contribution in [0, 0.1) is 5.92 Å². The predicted molar refractivity (Wildman–Crippen MR) is 76.2 cm³/mol. The smallest absolute Gasteiger partial charge is 0.313 e. The number of carbonyl (C=O) groups excluding carboxylic acids is 2. The minimum Gasteiger partial charge on any atom is -0.378 e. The van der Waals surface area contributed by atoms with E-state index < -0.39 is 11.8 Å². The van der Waals surface area contributed by atoms with Crippen molar-refractivity contribution in [1.82, 2.24) is 10.2 Å². The third-order valence-electron chi connectivity index (χ3n) is 3.64. The van der Waals surface area contributed by atoms with Gasteiger partial charge in [0, 0.05) is 24.7 Å². The van der Waals surface area contributed by atoms with Crippen molar-refractivity contribution in [1.29, 1.82) is 0 Å². The Morgan fingerprint density at radius 3 is 2.65 bits per heavy atom. The second-order valence-corrected chi connectivity index (χ2v) is 5.55. The third kappa shape index (κ3) is 3.22. The quantitative estimate of drug-likeness (QED) is 0.581. The first-order valence-corrected chi connectivity index (χ1v) is 7.15. The molecule has 2 aliphatic rings. The van der Waals surface area contributed by atoms with Gasteiger partial charge in [0.15, 0.2) is 0 Å². The molecule has 1 heterocycles. The Bertz CT molecular complexity index is 467. The molecule has 5 nitrogen and oxygen atoms in total. The van der Waals surface area contributed by atoms with Crippen LogP contribution in [0.2, 0.25) is 0 Å². The predicted octanol–water partition coefficient (Wildman–Crippen LogP) is 1.05. The molecule has 1 saturated heterocycles. The number of nitrogens with zero attached hydrogens (tertiary/aromatic N) is 1. The van der Waals surface area contributed by atoms with E-state index in [2.05, 4.69) is 5.32 Å². The number of morpholine rings is 1. The van der Waals surface area contributed by atoms with E-state index in [0.29, 0.717) is 32.0 Å². The molecule has 1 aliphatic heterocycles. The van der Waals surface area contributed by atoms with Gasteiger partial charge in [0.2, 0.25) is 0 Å². The summed E-state index contributed by atoms with van der Waals surface area (Å²) in [6.45, 7) is 5.74. The molecule has 2 atom stereocenters. The molecule has 0 radical (unpaired) electrons. The van der Waals surface area contributed by atoms with Gasteiger partial charge in [0.1, 0.15) is 0 Å². The van der Waals surface area contributed by atoms with Gasteiger partial charge in [-0.25, -0.2) is 0 Å². The van der Waals surface area contributed by atoms with Crippen LogP contribution in [0.25, 0.3) is 0 Å². The van der Waals surface area contributed by atoms with Crippen LogP contribution >= 0.6 is 11.6 Å². The van der Waals surface area contributed by atoms with Crippen LogP contribution in [0.5, 0.6) is 0 Å². The van der Waals surface area contributed by atoms with Gasteiger partial charge in [0.05, 0.1) is 18.6 Å². The monoisotopic (exact) mass is 298 g/mol. The lowest BCUT2D eigenvalue weighted by molar-refractivity contribution is -0.148. The SMILES string of the molecule is CC1=CC=C(NC(=O)C(=O)N2CCOCC2)C(C)C1Cl. The molecule has 2 rings (SSSR count). The average molecular weight is 299 g/mol. The van der Waals surface area contributed by atoms with Crippen LogP contribution in [0.3, 0.4) is 0 Å². The van der Waals surface area contributed by atoms with Gasteiger partial charge in [-0.3, -0.25) is 9.59 Å². The Morgan fingerprint density at radius 2 is 2.00 bits per heavy atom. The topological polar surface area (TPSA) is 58.6 Å². The lowest BCUT2D eigenvalue weighted by atomic mass is 9.93. The summed E-state index contributed by atoms with van der Waals surface area (Å²) < 4.78 is 5.16. The van der Waals surface area contributed by atoms with E-state index in [1.54, 1.807) is 0 Å². The van der Waals surface area contributed by atoms with Gasteiger partial charge < -0.3 is 15.0 Å². The fraction of sp³-hybridized carbons (Fsp3) is 0.571. The number of nitrogens with one attached hydrogen (secondary N) is 1. The molecule has 0 aromatic carbocycles. The van der Waals surface area contributed by atoms with Crippen LogP contribution in [-0.2, 0) is 14.3 Å². The summed E-state index contributed by atoms with van der Waals surface area (Å²) in [4.78, 5) is 25.5. The van der Waals surface area contributed by atoms with Crippen molar-refractivity contribution >= 4 is 23.4 Å². The Hall–Kier alpha value is -1.33. The van der Waals surface area contributed by atoms with Gasteiger partial charge in [-0.05, 0) is 13.0 Å². The number of hydrogen-bond acceptors (Lipinski definition) is 3. The standard InChI is InChI=1S/C14H19ClN2O3/c1-9-3-4-11(10(2)12(9)15)16-13(18)14(19)17-5-7-20-8-6-17/h3-4,10,12H,5-8H2,1-2H3,(H,16,18). The molecule has 0 aromatic rings. The van der Waals surface area contributed by atoms with Gasteiger partial charge in [-0.1, -0.05) is 18.6 Å². The maximum atomic E-state index is 12.0. The first-order chi connectivity index (χ1) is 9.50. The highest BCUT2D eigenvalue weighted by molar-refractivity contribution is 6.35. The summed E-state index contributed by atoms with van der Waals surface area (Å²) in [7, 11) is 0. The first kappa shape index (κ1) is 15.1. The van der Waals surface area contributed by atoms with E-state index >= 15 is 0 Å². The van der Waals surface area contributed by atoms with Gasteiger partial charge in [-0.2, -0.15) is 0 Å². The number of halogens is 1. The summed E-state index contributed by atoms with van der Waals surface area (Å²) in [5.74, 6) is -1.15. The summed E-state index contributed by atoms with van der Waals surface area (Å²) in [6, 6.07) is 0. The van der Waals surface area contributed by atoms with E-state index in [-0.39, 0.29) is 11.3 Å². The maximum absolute atomic E-state index is 12.0. The fourth-order valence-corrected chi connectivity index (χ4v) is 2.48. The molecule has 1 aliphatic carbocycles. The van der Waals surface area contributed by atoms with Crippen molar-refractivity contribution in [3.05, 3.63) is 23.4 Å². The van der Waals surface area contributed by atoms with Crippen molar-refractivity contribution in [2.24, 2.45) is 5.92 Å². The zero-order chi connectivity index (χ0) is 14.7. The van der Waals surface area contributed by atoms with Crippen molar-refractivity contribution in [3.8, 4) is 0 Å². The van der Waals surface area contributed by atoms with E-state index in [4.69, 9.17) is 16.3 Å². The van der Waals surface area contributed by atoms with Gasteiger partial charge in [0.25, 0.3) is 0 Å². The Balaban J connectivity index is 1.99. The van der Waals surface area contributed by atoms with Crippen LogP contribution in [0.4, 0.5) is 0 Å². The molecular formula is C14H19ClN2O3. The average Bonchev–Trinajstić information content (AvgIpc) is 2.48. The van der Waals surface area contributed by atoms with Gasteiger partial charge >= 0.3 is 11.8 Å². The molecule has 1 N–H and O–H groups in total. The minimum absolute atomic E-state index is 0.0249. The van der Waals surface area contributed by atoms with E-state index in [1.165, 1.54) is 4.90 Å². The Morgan fingerprint density at radius 1 is 1.35 bits per heavy atom. The number of ether oxygens (including phenoxy) is 1. The van der Waals surface area contributed by atoms with Crippen LogP contribution < -0.4 is 5.32 Å². The highest BCUT2D eigenvalue weighted by atomic mass is 35.5. The number of carbonyl (C=O) groups is 2. The highest BCUT2D eigenvalue weighted by Crippen LogP contribution is 2.28. The van der Waals surface area contributed by atoms with Crippen molar-refractivity contribution < 1.29 is 14.3 Å². The molecule has 0 bridgehead atoms. The third-order valence-corrected chi connectivity index (χ3v) is 4.36. The number of amides is 2. The molecule has 0 saturated carbocycles. The largest absolute Gasteiger partial charge is 0.378 e. The molecule has 0 spiro atoms. The Labute approximate surface area is 123 Å². The van der Waals surface area contributed by atoms with Crippen LogP contribution in [-0.4, -0.2) is 48.4 Å². The van der Waals surface area contributed by atoms with E-state index in [0.717, 1.165) is 5.57 Å². The first-order valence-electron chi connectivity index (χ1n) is 6.71. The molecule has 2 amide bonds.